The van der Waals surface area contributed by atoms with Gasteiger partial charge in [0.05, 0.1) is 10.9 Å². The van der Waals surface area contributed by atoms with Crippen LogP contribution in [-0.2, 0) is 15.6 Å². The maximum Gasteiger partial charge on any atom is 0.242 e. The summed E-state index contributed by atoms with van der Waals surface area (Å²) < 4.78 is 29.9. The van der Waals surface area contributed by atoms with Crippen LogP contribution in [0.15, 0.2) is 33.7 Å². The number of hydrogen-bond donors (Lipinski definition) is 1. The van der Waals surface area contributed by atoms with Crippen molar-refractivity contribution in [3.05, 3.63) is 41.0 Å². The van der Waals surface area contributed by atoms with Gasteiger partial charge in [-0.2, -0.15) is 4.98 Å². The maximum absolute atomic E-state index is 12.4. The van der Waals surface area contributed by atoms with E-state index in [1.54, 1.807) is 0 Å². The minimum Gasteiger partial charge on any atom is -0.338 e. The lowest BCUT2D eigenvalue weighted by atomic mass is 10.2. The highest BCUT2D eigenvalue weighted by atomic mass is 35.5. The molecule has 0 bridgehead atoms. The topological polar surface area (TPSA) is 88.3 Å². The van der Waals surface area contributed by atoms with Gasteiger partial charge in [-0.25, -0.2) is 8.42 Å². The largest absolute Gasteiger partial charge is 0.338 e. The summed E-state index contributed by atoms with van der Waals surface area (Å²) in [6.45, 7) is 2.49. The Labute approximate surface area is 151 Å². The van der Waals surface area contributed by atoms with Crippen LogP contribution in [0.4, 0.5) is 0 Å². The monoisotopic (exact) mass is 392 g/mol. The van der Waals surface area contributed by atoms with Gasteiger partial charge in [-0.05, 0) is 31.3 Å². The molecule has 1 aromatic heterocycles. The summed E-state index contributed by atoms with van der Waals surface area (Å²) in [4.78, 5) is 6.54. The number of likely N-dealkylation sites (N-methyl/N-ethyl adjacent to an activating group) is 1. The van der Waals surface area contributed by atoms with Crippen LogP contribution in [0.1, 0.15) is 17.8 Å². The molecule has 1 aliphatic rings. The number of nitrogens with one attached hydrogen (secondary N) is 1. The Bertz CT molecular complexity index is 780. The molecular weight excluding hydrogens is 375 g/mol. The molecule has 1 fully saturated rings. The summed E-state index contributed by atoms with van der Waals surface area (Å²) in [7, 11) is -1.57. The van der Waals surface area contributed by atoms with E-state index in [-0.39, 0.29) is 35.0 Å². The Morgan fingerprint density at radius 2 is 2.08 bits per heavy atom. The lowest BCUT2D eigenvalue weighted by molar-refractivity contribution is 0.190. The van der Waals surface area contributed by atoms with E-state index in [9.17, 15) is 8.42 Å². The van der Waals surface area contributed by atoms with Gasteiger partial charge < -0.3 is 9.84 Å². The maximum atomic E-state index is 12.4. The van der Waals surface area contributed by atoms with E-state index in [0.29, 0.717) is 17.4 Å². The fourth-order valence-corrected chi connectivity index (χ4v) is 3.73. The first-order valence-electron chi connectivity index (χ1n) is 7.17. The van der Waals surface area contributed by atoms with E-state index in [1.807, 2.05) is 7.05 Å². The number of piperazine rings is 1. The molecule has 1 unspecified atom stereocenters. The zero-order chi connectivity index (χ0) is 16.4. The van der Waals surface area contributed by atoms with Crippen molar-refractivity contribution in [2.45, 2.75) is 16.7 Å². The minimum atomic E-state index is -3.55. The number of sulfone groups is 1. The molecule has 0 saturated carbocycles. The highest BCUT2D eigenvalue weighted by Gasteiger charge is 2.27. The lowest BCUT2D eigenvalue weighted by Gasteiger charge is -2.30. The van der Waals surface area contributed by atoms with E-state index in [4.69, 9.17) is 16.1 Å². The Hall–Kier alpha value is -1.19. The van der Waals surface area contributed by atoms with Crippen molar-refractivity contribution in [1.82, 2.24) is 20.4 Å². The summed E-state index contributed by atoms with van der Waals surface area (Å²) >= 11 is 5.78. The molecule has 1 N–H and O–H groups in total. The van der Waals surface area contributed by atoms with Crippen LogP contribution in [0.5, 0.6) is 0 Å². The predicted molar refractivity (Wildman–Crippen MR) is 92.1 cm³/mol. The predicted octanol–water partition coefficient (Wildman–Crippen LogP) is 1.69. The smallest absolute Gasteiger partial charge is 0.242 e. The number of aromatic nitrogens is 2. The van der Waals surface area contributed by atoms with Gasteiger partial charge in [0.25, 0.3) is 0 Å². The molecule has 1 atom stereocenters. The molecule has 7 nitrogen and oxygen atoms in total. The molecule has 3 rings (SSSR count). The summed E-state index contributed by atoms with van der Waals surface area (Å²) in [6.07, 6.45) is 0. The number of rotatable bonds is 4. The van der Waals surface area contributed by atoms with Gasteiger partial charge >= 0.3 is 0 Å². The van der Waals surface area contributed by atoms with Crippen LogP contribution < -0.4 is 5.32 Å². The van der Waals surface area contributed by atoms with Crippen molar-refractivity contribution in [1.29, 1.82) is 0 Å². The van der Waals surface area contributed by atoms with Crippen molar-refractivity contribution in [2.24, 2.45) is 0 Å². The third-order valence-electron chi connectivity index (χ3n) is 3.78. The summed E-state index contributed by atoms with van der Waals surface area (Å²) in [6, 6.07) is 5.99. The molecule has 1 aromatic carbocycles. The molecule has 10 heteroatoms. The van der Waals surface area contributed by atoms with Gasteiger partial charge in [-0.3, -0.25) is 4.90 Å². The second-order valence-corrected chi connectivity index (χ2v) is 7.89. The summed E-state index contributed by atoms with van der Waals surface area (Å²) in [5.74, 6) is 0.265. The zero-order valence-corrected chi connectivity index (χ0v) is 15.4. The molecule has 1 saturated heterocycles. The average Bonchev–Trinajstić information content (AvgIpc) is 2.95. The Kier molecular flexibility index (Phi) is 6.22. The van der Waals surface area contributed by atoms with Crippen LogP contribution >= 0.6 is 24.0 Å². The van der Waals surface area contributed by atoms with Gasteiger partial charge in [0.2, 0.25) is 5.89 Å². The molecule has 0 aliphatic carbocycles. The zero-order valence-electron chi connectivity index (χ0n) is 13.0. The van der Waals surface area contributed by atoms with E-state index in [1.165, 1.54) is 24.3 Å². The third kappa shape index (κ3) is 4.25. The van der Waals surface area contributed by atoms with Crippen LogP contribution in [0.2, 0.25) is 5.02 Å². The number of nitrogens with zero attached hydrogens (tertiary/aromatic N) is 3. The molecule has 2 aromatic rings. The van der Waals surface area contributed by atoms with Crippen LogP contribution in [0.3, 0.4) is 0 Å². The Morgan fingerprint density at radius 3 is 2.75 bits per heavy atom. The van der Waals surface area contributed by atoms with E-state index in [2.05, 4.69) is 20.4 Å². The summed E-state index contributed by atoms with van der Waals surface area (Å²) in [5, 5.41) is 7.67. The third-order valence-corrected chi connectivity index (χ3v) is 5.65. The highest BCUT2D eigenvalue weighted by Crippen LogP contribution is 2.21. The molecule has 132 valence electrons. The first-order chi connectivity index (χ1) is 11.0. The van der Waals surface area contributed by atoms with E-state index < -0.39 is 9.84 Å². The Morgan fingerprint density at radius 1 is 1.38 bits per heavy atom. The Balaban J connectivity index is 0.00000208. The molecular formula is C14H18Cl2N4O3S. The summed E-state index contributed by atoms with van der Waals surface area (Å²) in [5.41, 5.74) is 0. The number of benzene rings is 1. The highest BCUT2D eigenvalue weighted by molar-refractivity contribution is 7.90. The second kappa shape index (κ2) is 7.79. The van der Waals surface area contributed by atoms with Crippen molar-refractivity contribution in [3.8, 4) is 0 Å². The fourth-order valence-electron chi connectivity index (χ4n) is 2.44. The van der Waals surface area contributed by atoms with Gasteiger partial charge in [0.15, 0.2) is 15.7 Å². The fraction of sp³-hybridized carbons (Fsp3) is 0.429. The van der Waals surface area contributed by atoms with Crippen LogP contribution in [0.25, 0.3) is 0 Å². The first kappa shape index (κ1) is 19.1. The molecule has 0 spiro atoms. The first-order valence-corrected chi connectivity index (χ1v) is 9.20. The van der Waals surface area contributed by atoms with Gasteiger partial charge in [0, 0.05) is 24.7 Å². The van der Waals surface area contributed by atoms with Crippen LogP contribution in [0, 0.1) is 0 Å². The molecule has 0 radical (unpaired) electrons. The van der Waals surface area contributed by atoms with Crippen molar-refractivity contribution < 1.29 is 12.9 Å². The molecule has 24 heavy (non-hydrogen) atoms. The van der Waals surface area contributed by atoms with Gasteiger partial charge in [0.1, 0.15) is 5.75 Å². The molecule has 0 amide bonds. The normalized spacial score (nSPS) is 19.0. The van der Waals surface area contributed by atoms with Crippen LogP contribution in [-0.4, -0.2) is 50.1 Å². The number of halogens is 2. The second-order valence-electron chi connectivity index (χ2n) is 5.46. The minimum absolute atomic E-state index is 0. The van der Waals surface area contributed by atoms with E-state index >= 15 is 0 Å². The SMILES string of the molecule is CN1CCNCC1c1noc(CS(=O)(=O)c2ccc(Cl)cc2)n1.Cl. The lowest BCUT2D eigenvalue weighted by Crippen LogP contribution is -2.44. The van der Waals surface area contributed by atoms with Gasteiger partial charge in [-0.15, -0.1) is 12.4 Å². The van der Waals surface area contributed by atoms with E-state index in [0.717, 1.165) is 13.1 Å². The quantitative estimate of drug-likeness (QED) is 0.846. The average molecular weight is 393 g/mol. The van der Waals surface area contributed by atoms with Crippen molar-refractivity contribution in [2.75, 3.05) is 26.7 Å². The van der Waals surface area contributed by atoms with Crippen molar-refractivity contribution >= 4 is 33.8 Å². The molecule has 1 aliphatic heterocycles. The van der Waals surface area contributed by atoms with Gasteiger partial charge in [-0.1, -0.05) is 16.8 Å². The number of hydrogen-bond acceptors (Lipinski definition) is 7. The molecule has 2 heterocycles. The van der Waals surface area contributed by atoms with Crippen molar-refractivity contribution in [3.63, 3.8) is 0 Å². The standard InChI is InChI=1S/C14H17ClN4O3S.ClH/c1-19-7-6-16-8-12(19)14-17-13(22-18-14)9-23(20,21)11-4-2-10(15)3-5-11;/h2-5,12,16H,6-9H2,1H3;1H.